The summed E-state index contributed by atoms with van der Waals surface area (Å²) in [6.45, 7) is 1.88. The monoisotopic (exact) mass is 295 g/mol. The molecular weight excluding hydrogens is 274 g/mol. The van der Waals surface area contributed by atoms with Gasteiger partial charge in [0.1, 0.15) is 5.75 Å². The van der Waals surface area contributed by atoms with Crippen molar-refractivity contribution >= 4 is 22.8 Å². The Kier molecular flexibility index (Phi) is 4.91. The quantitative estimate of drug-likeness (QED) is 0.538. The fourth-order valence-electron chi connectivity index (χ4n) is 1.88. The summed E-state index contributed by atoms with van der Waals surface area (Å²) in [5, 5.41) is 9.99. The summed E-state index contributed by atoms with van der Waals surface area (Å²) >= 11 is 1.67. The first-order chi connectivity index (χ1) is 9.54. The van der Waals surface area contributed by atoms with Crippen LogP contribution in [0.25, 0.3) is 11.0 Å². The van der Waals surface area contributed by atoms with Crippen LogP contribution in [0.4, 0.5) is 0 Å². The first kappa shape index (κ1) is 15.2. The van der Waals surface area contributed by atoms with E-state index in [1.165, 1.54) is 0 Å². The molecule has 20 heavy (non-hydrogen) atoms. The molecule has 0 spiro atoms. The number of H-pyrrole nitrogens is 1. The normalized spacial score (nSPS) is 14.4. The van der Waals surface area contributed by atoms with Gasteiger partial charge < -0.3 is 20.6 Å². The fourth-order valence-corrected chi connectivity index (χ4v) is 2.71. The van der Waals surface area contributed by atoms with E-state index in [1.54, 1.807) is 18.9 Å². The number of rotatable bonds is 7. The maximum absolute atomic E-state index is 9.09. The lowest BCUT2D eigenvalue weighted by molar-refractivity contribution is 0.200. The van der Waals surface area contributed by atoms with Crippen LogP contribution in [0, 0.1) is 0 Å². The minimum atomic E-state index is -0.484. The van der Waals surface area contributed by atoms with E-state index in [9.17, 15) is 0 Å². The van der Waals surface area contributed by atoms with Crippen LogP contribution < -0.4 is 10.5 Å². The zero-order chi connectivity index (χ0) is 14.6. The van der Waals surface area contributed by atoms with Crippen molar-refractivity contribution < 1.29 is 9.84 Å². The lowest BCUT2D eigenvalue weighted by atomic mass is 9.99. The Hall–Kier alpha value is -1.24. The number of aliphatic hydroxyl groups is 1. The second kappa shape index (κ2) is 6.47. The van der Waals surface area contributed by atoms with Gasteiger partial charge in [0.05, 0.1) is 24.8 Å². The first-order valence-corrected chi connectivity index (χ1v) is 7.59. The predicted octanol–water partition coefficient (Wildman–Crippen LogP) is 2.15. The van der Waals surface area contributed by atoms with Crippen LogP contribution in [-0.4, -0.2) is 40.1 Å². The van der Waals surface area contributed by atoms with Gasteiger partial charge in [-0.3, -0.25) is 0 Å². The number of thioether (sulfide) groups is 1. The third-order valence-electron chi connectivity index (χ3n) is 3.16. The smallest absolute Gasteiger partial charge is 0.166 e. The minimum absolute atomic E-state index is 0.0160. The van der Waals surface area contributed by atoms with E-state index in [2.05, 4.69) is 9.97 Å². The van der Waals surface area contributed by atoms with Gasteiger partial charge in [-0.2, -0.15) is 0 Å². The Labute approximate surface area is 122 Å². The highest BCUT2D eigenvalue weighted by Crippen LogP contribution is 2.24. The van der Waals surface area contributed by atoms with Gasteiger partial charge in [-0.05, 0) is 31.9 Å². The molecule has 1 heterocycles. The first-order valence-electron chi connectivity index (χ1n) is 6.60. The number of fused-ring (bicyclic) bond motifs is 1. The number of nitrogens with one attached hydrogen (secondary N) is 1. The van der Waals surface area contributed by atoms with Gasteiger partial charge in [0.15, 0.2) is 5.16 Å². The Morgan fingerprint density at radius 1 is 1.50 bits per heavy atom. The summed E-state index contributed by atoms with van der Waals surface area (Å²) in [7, 11) is 1.65. The summed E-state index contributed by atoms with van der Waals surface area (Å²) in [6, 6.07) is 5.78. The van der Waals surface area contributed by atoms with Crippen molar-refractivity contribution in [3.63, 3.8) is 0 Å². The topological polar surface area (TPSA) is 84.2 Å². The van der Waals surface area contributed by atoms with Crippen molar-refractivity contribution in [3.05, 3.63) is 18.2 Å². The molecule has 0 aliphatic rings. The largest absolute Gasteiger partial charge is 0.497 e. The Morgan fingerprint density at radius 3 is 3.00 bits per heavy atom. The van der Waals surface area contributed by atoms with Gasteiger partial charge in [-0.1, -0.05) is 11.8 Å². The van der Waals surface area contributed by atoms with Crippen LogP contribution >= 0.6 is 11.8 Å². The average Bonchev–Trinajstić information content (AvgIpc) is 2.85. The van der Waals surface area contributed by atoms with Crippen LogP contribution in [-0.2, 0) is 0 Å². The van der Waals surface area contributed by atoms with Crippen molar-refractivity contribution in [2.75, 3.05) is 19.5 Å². The molecule has 0 amide bonds. The number of aromatic nitrogens is 2. The molecule has 1 atom stereocenters. The standard InChI is InChI=1S/C14H21N3O2S/c1-14(15,9-18)6-3-7-20-13-16-11-5-4-10(19-2)8-12(11)17-13/h4-5,8,18H,3,6-7,9,15H2,1-2H3,(H,16,17). The SMILES string of the molecule is COc1ccc2nc(SCCCC(C)(N)CO)[nH]c2c1. The zero-order valence-corrected chi connectivity index (χ0v) is 12.7. The van der Waals surface area contributed by atoms with Crippen LogP contribution in [0.5, 0.6) is 5.75 Å². The molecule has 1 aromatic carbocycles. The summed E-state index contributed by atoms with van der Waals surface area (Å²) in [5.74, 6) is 1.74. The van der Waals surface area contributed by atoms with E-state index >= 15 is 0 Å². The molecule has 1 aromatic heterocycles. The number of methoxy groups -OCH3 is 1. The van der Waals surface area contributed by atoms with E-state index in [0.29, 0.717) is 0 Å². The Morgan fingerprint density at radius 2 is 2.30 bits per heavy atom. The van der Waals surface area contributed by atoms with Crippen molar-refractivity contribution in [1.82, 2.24) is 9.97 Å². The van der Waals surface area contributed by atoms with E-state index in [4.69, 9.17) is 15.6 Å². The van der Waals surface area contributed by atoms with E-state index in [1.807, 2.05) is 25.1 Å². The third-order valence-corrected chi connectivity index (χ3v) is 4.12. The van der Waals surface area contributed by atoms with Crippen LogP contribution in [0.15, 0.2) is 23.4 Å². The van der Waals surface area contributed by atoms with Gasteiger partial charge in [0.2, 0.25) is 0 Å². The fraction of sp³-hybridized carbons (Fsp3) is 0.500. The summed E-state index contributed by atoms with van der Waals surface area (Å²) < 4.78 is 5.19. The number of aromatic amines is 1. The number of imidazole rings is 1. The van der Waals surface area contributed by atoms with E-state index in [-0.39, 0.29) is 6.61 Å². The summed E-state index contributed by atoms with van der Waals surface area (Å²) in [5.41, 5.74) is 7.32. The average molecular weight is 295 g/mol. The van der Waals surface area contributed by atoms with E-state index < -0.39 is 5.54 Å². The maximum Gasteiger partial charge on any atom is 0.166 e. The molecule has 0 saturated carbocycles. The summed E-state index contributed by atoms with van der Waals surface area (Å²) in [4.78, 5) is 7.79. The molecule has 6 heteroatoms. The number of aliphatic hydroxyl groups excluding tert-OH is 1. The van der Waals surface area contributed by atoms with Crippen molar-refractivity contribution in [1.29, 1.82) is 0 Å². The van der Waals surface area contributed by atoms with Gasteiger partial charge in [0.25, 0.3) is 0 Å². The Balaban J connectivity index is 1.90. The van der Waals surface area contributed by atoms with Crippen LogP contribution in [0.3, 0.4) is 0 Å². The summed E-state index contributed by atoms with van der Waals surface area (Å²) in [6.07, 6.45) is 1.74. The number of benzene rings is 1. The zero-order valence-electron chi connectivity index (χ0n) is 11.8. The molecule has 0 bridgehead atoms. The van der Waals surface area contributed by atoms with Gasteiger partial charge >= 0.3 is 0 Å². The van der Waals surface area contributed by atoms with Crippen molar-refractivity contribution in [2.45, 2.75) is 30.5 Å². The molecular formula is C14H21N3O2S. The maximum atomic E-state index is 9.09. The third kappa shape index (κ3) is 3.88. The molecule has 110 valence electrons. The Bertz CT molecular complexity index is 569. The number of nitrogens with zero attached hydrogens (tertiary/aromatic N) is 1. The molecule has 0 aliphatic carbocycles. The molecule has 0 saturated heterocycles. The second-order valence-corrected chi connectivity index (χ2v) is 6.27. The molecule has 2 aromatic rings. The van der Waals surface area contributed by atoms with Crippen molar-refractivity contribution in [3.8, 4) is 5.75 Å². The second-order valence-electron chi connectivity index (χ2n) is 5.19. The highest BCUT2D eigenvalue weighted by Gasteiger charge is 2.16. The molecule has 1 unspecified atom stereocenters. The molecule has 4 N–H and O–H groups in total. The molecule has 0 radical (unpaired) electrons. The minimum Gasteiger partial charge on any atom is -0.497 e. The highest BCUT2D eigenvalue weighted by molar-refractivity contribution is 7.99. The van der Waals surface area contributed by atoms with Crippen LogP contribution in [0.1, 0.15) is 19.8 Å². The van der Waals surface area contributed by atoms with Gasteiger partial charge in [-0.25, -0.2) is 4.98 Å². The van der Waals surface area contributed by atoms with E-state index in [0.717, 1.165) is 40.5 Å². The number of nitrogens with two attached hydrogens (primary N) is 1. The number of hydrogen-bond donors (Lipinski definition) is 3. The molecule has 0 fully saturated rings. The van der Waals surface area contributed by atoms with Crippen molar-refractivity contribution in [2.24, 2.45) is 5.73 Å². The lowest BCUT2D eigenvalue weighted by Gasteiger charge is -2.20. The highest BCUT2D eigenvalue weighted by atomic mass is 32.2. The van der Waals surface area contributed by atoms with Gasteiger partial charge in [0, 0.05) is 17.4 Å². The lowest BCUT2D eigenvalue weighted by Crippen LogP contribution is -2.40. The number of ether oxygens (including phenoxy) is 1. The number of hydrogen-bond acceptors (Lipinski definition) is 5. The molecule has 5 nitrogen and oxygen atoms in total. The predicted molar refractivity (Wildman–Crippen MR) is 82.3 cm³/mol. The van der Waals surface area contributed by atoms with Crippen LogP contribution in [0.2, 0.25) is 0 Å². The van der Waals surface area contributed by atoms with Gasteiger partial charge in [-0.15, -0.1) is 0 Å². The molecule has 2 rings (SSSR count). The molecule has 0 aliphatic heterocycles.